The first-order chi connectivity index (χ1) is 13.6. The van der Waals surface area contributed by atoms with Crippen molar-refractivity contribution in [2.24, 2.45) is 7.05 Å². The van der Waals surface area contributed by atoms with Crippen molar-refractivity contribution < 1.29 is 4.79 Å². The van der Waals surface area contributed by atoms with Crippen LogP contribution in [0.3, 0.4) is 0 Å². The smallest absolute Gasteiger partial charge is 0.274 e. The number of piperazine rings is 1. The molecule has 28 heavy (non-hydrogen) atoms. The minimum atomic E-state index is -0.242. The van der Waals surface area contributed by atoms with Gasteiger partial charge in [-0.25, -0.2) is 9.97 Å². The standard InChI is InChI=1S/C20H23N7O/c1-25-8-10-27(11-9-25)20-21-13-16(14-22-20)23-19(28)18-12-17(24-26(18)2)15-6-4-3-5-7-15/h3-7,12-14H,8-11H2,1-2H3,(H,23,28). The molecule has 0 unspecified atom stereocenters. The highest BCUT2D eigenvalue weighted by atomic mass is 16.2. The third kappa shape index (κ3) is 3.86. The Balaban J connectivity index is 1.44. The Morgan fingerprint density at radius 3 is 2.36 bits per heavy atom. The van der Waals surface area contributed by atoms with Crippen LogP contribution in [0.25, 0.3) is 11.3 Å². The molecule has 0 atom stereocenters. The first kappa shape index (κ1) is 18.1. The Morgan fingerprint density at radius 1 is 1.00 bits per heavy atom. The summed E-state index contributed by atoms with van der Waals surface area (Å²) in [6, 6.07) is 11.6. The van der Waals surface area contributed by atoms with Gasteiger partial charge in [0, 0.05) is 38.8 Å². The zero-order valence-corrected chi connectivity index (χ0v) is 16.0. The molecule has 4 rings (SSSR count). The monoisotopic (exact) mass is 377 g/mol. The summed E-state index contributed by atoms with van der Waals surface area (Å²) in [7, 11) is 3.87. The predicted octanol–water partition coefficient (Wildman–Crippen LogP) is 1.88. The van der Waals surface area contributed by atoms with Crippen LogP contribution in [0, 0.1) is 0 Å². The third-order valence-electron chi connectivity index (χ3n) is 4.86. The molecule has 2 aromatic heterocycles. The van der Waals surface area contributed by atoms with Gasteiger partial charge in [-0.05, 0) is 13.1 Å². The topological polar surface area (TPSA) is 79.2 Å². The van der Waals surface area contributed by atoms with Gasteiger partial charge in [-0.1, -0.05) is 30.3 Å². The van der Waals surface area contributed by atoms with Gasteiger partial charge in [-0.15, -0.1) is 0 Å². The fraction of sp³-hybridized carbons (Fsp3) is 0.300. The molecule has 0 radical (unpaired) electrons. The summed E-state index contributed by atoms with van der Waals surface area (Å²) in [6.07, 6.45) is 3.29. The molecule has 1 saturated heterocycles. The van der Waals surface area contributed by atoms with Gasteiger partial charge >= 0.3 is 0 Å². The van der Waals surface area contributed by atoms with E-state index in [9.17, 15) is 4.79 Å². The summed E-state index contributed by atoms with van der Waals surface area (Å²) in [5, 5.41) is 7.29. The first-order valence-corrected chi connectivity index (χ1v) is 9.26. The van der Waals surface area contributed by atoms with Crippen LogP contribution in [-0.4, -0.2) is 63.8 Å². The van der Waals surface area contributed by atoms with Crippen molar-refractivity contribution in [1.82, 2.24) is 24.6 Å². The second kappa shape index (κ2) is 7.77. The largest absolute Gasteiger partial charge is 0.338 e. The molecular formula is C20H23N7O. The summed E-state index contributed by atoms with van der Waals surface area (Å²) >= 11 is 0. The van der Waals surface area contributed by atoms with E-state index in [1.165, 1.54) is 0 Å². The van der Waals surface area contributed by atoms with Crippen LogP contribution in [0.5, 0.6) is 0 Å². The summed E-state index contributed by atoms with van der Waals surface area (Å²) in [5.41, 5.74) is 2.76. The molecule has 8 nitrogen and oxygen atoms in total. The van der Waals surface area contributed by atoms with Crippen LogP contribution in [0.15, 0.2) is 48.8 Å². The number of carbonyl (C=O) groups is 1. The molecule has 0 spiro atoms. The minimum absolute atomic E-state index is 0.242. The lowest BCUT2D eigenvalue weighted by Gasteiger charge is -2.32. The molecule has 1 aliphatic rings. The molecule has 1 aromatic carbocycles. The van der Waals surface area contributed by atoms with Gasteiger partial charge in [0.1, 0.15) is 5.69 Å². The van der Waals surface area contributed by atoms with E-state index in [0.717, 1.165) is 37.4 Å². The predicted molar refractivity (Wildman–Crippen MR) is 108 cm³/mol. The lowest BCUT2D eigenvalue weighted by molar-refractivity contribution is 0.101. The third-order valence-corrected chi connectivity index (χ3v) is 4.86. The summed E-state index contributed by atoms with van der Waals surface area (Å²) in [5.74, 6) is 0.450. The van der Waals surface area contributed by atoms with Crippen LogP contribution < -0.4 is 10.2 Å². The van der Waals surface area contributed by atoms with E-state index >= 15 is 0 Å². The van der Waals surface area contributed by atoms with Crippen molar-refractivity contribution in [2.75, 3.05) is 43.4 Å². The fourth-order valence-electron chi connectivity index (χ4n) is 3.18. The Bertz CT molecular complexity index is 944. The minimum Gasteiger partial charge on any atom is -0.338 e. The van der Waals surface area contributed by atoms with Gasteiger partial charge in [0.15, 0.2) is 0 Å². The number of aryl methyl sites for hydroxylation is 1. The first-order valence-electron chi connectivity index (χ1n) is 9.26. The number of hydrogen-bond acceptors (Lipinski definition) is 6. The van der Waals surface area contributed by atoms with Crippen molar-refractivity contribution in [3.63, 3.8) is 0 Å². The quantitative estimate of drug-likeness (QED) is 0.748. The van der Waals surface area contributed by atoms with E-state index in [0.29, 0.717) is 17.3 Å². The Morgan fingerprint density at radius 2 is 1.68 bits per heavy atom. The number of amides is 1. The molecule has 3 heterocycles. The number of carbonyl (C=O) groups excluding carboxylic acids is 1. The number of rotatable bonds is 4. The molecule has 0 bridgehead atoms. The molecule has 3 aromatic rings. The van der Waals surface area contributed by atoms with E-state index in [4.69, 9.17) is 0 Å². The lowest BCUT2D eigenvalue weighted by Crippen LogP contribution is -2.45. The molecule has 1 fully saturated rings. The molecule has 144 valence electrons. The van der Waals surface area contributed by atoms with Crippen LogP contribution in [0.4, 0.5) is 11.6 Å². The van der Waals surface area contributed by atoms with E-state index in [2.05, 4.69) is 37.2 Å². The van der Waals surface area contributed by atoms with Gasteiger partial charge in [0.05, 0.1) is 23.8 Å². The second-order valence-electron chi connectivity index (χ2n) is 6.92. The zero-order valence-electron chi connectivity index (χ0n) is 16.0. The maximum absolute atomic E-state index is 12.7. The second-order valence-corrected chi connectivity index (χ2v) is 6.92. The SMILES string of the molecule is CN1CCN(c2ncc(NC(=O)c3cc(-c4ccccc4)nn3C)cn2)CC1. The maximum Gasteiger partial charge on any atom is 0.274 e. The van der Waals surface area contributed by atoms with E-state index in [1.54, 1.807) is 30.2 Å². The number of nitrogens with one attached hydrogen (secondary N) is 1. The number of nitrogens with zero attached hydrogens (tertiary/aromatic N) is 6. The van der Waals surface area contributed by atoms with Gasteiger partial charge in [-0.3, -0.25) is 9.48 Å². The van der Waals surface area contributed by atoms with Crippen molar-refractivity contribution >= 4 is 17.5 Å². The molecule has 1 aliphatic heterocycles. The van der Waals surface area contributed by atoms with Crippen LogP contribution in [0.2, 0.25) is 0 Å². The van der Waals surface area contributed by atoms with Crippen LogP contribution >= 0.6 is 0 Å². The van der Waals surface area contributed by atoms with Gasteiger partial charge in [0.2, 0.25) is 5.95 Å². The Labute approximate surface area is 163 Å². The van der Waals surface area contributed by atoms with Crippen molar-refractivity contribution in [3.8, 4) is 11.3 Å². The van der Waals surface area contributed by atoms with Crippen molar-refractivity contribution in [2.45, 2.75) is 0 Å². The van der Waals surface area contributed by atoms with E-state index < -0.39 is 0 Å². The van der Waals surface area contributed by atoms with Crippen LogP contribution in [0.1, 0.15) is 10.5 Å². The van der Waals surface area contributed by atoms with E-state index in [1.807, 2.05) is 30.3 Å². The summed E-state index contributed by atoms with van der Waals surface area (Å²) in [6.45, 7) is 3.79. The summed E-state index contributed by atoms with van der Waals surface area (Å²) in [4.78, 5) is 25.9. The van der Waals surface area contributed by atoms with Crippen molar-refractivity contribution in [3.05, 3.63) is 54.5 Å². The van der Waals surface area contributed by atoms with Gasteiger partial charge in [-0.2, -0.15) is 5.10 Å². The molecular weight excluding hydrogens is 354 g/mol. The lowest BCUT2D eigenvalue weighted by atomic mass is 10.1. The number of hydrogen-bond donors (Lipinski definition) is 1. The fourth-order valence-corrected chi connectivity index (χ4v) is 3.18. The normalized spacial score (nSPS) is 14.9. The van der Waals surface area contributed by atoms with Gasteiger partial charge < -0.3 is 15.1 Å². The highest BCUT2D eigenvalue weighted by Gasteiger charge is 2.17. The number of anilines is 2. The highest BCUT2D eigenvalue weighted by Crippen LogP contribution is 2.19. The average Bonchev–Trinajstić information content (AvgIpc) is 3.12. The van der Waals surface area contributed by atoms with E-state index in [-0.39, 0.29) is 5.91 Å². The summed E-state index contributed by atoms with van der Waals surface area (Å²) < 4.78 is 1.58. The molecule has 8 heteroatoms. The highest BCUT2D eigenvalue weighted by molar-refractivity contribution is 6.03. The number of benzene rings is 1. The Kier molecular flexibility index (Phi) is 5.03. The number of aromatic nitrogens is 4. The molecule has 1 amide bonds. The maximum atomic E-state index is 12.7. The van der Waals surface area contributed by atoms with Crippen molar-refractivity contribution in [1.29, 1.82) is 0 Å². The molecule has 1 N–H and O–H groups in total. The van der Waals surface area contributed by atoms with Crippen LogP contribution in [-0.2, 0) is 7.05 Å². The molecule has 0 saturated carbocycles. The Hall–Kier alpha value is -3.26. The average molecular weight is 377 g/mol. The van der Waals surface area contributed by atoms with Gasteiger partial charge in [0.25, 0.3) is 5.91 Å². The zero-order chi connectivity index (χ0) is 19.5. The number of likely N-dealkylation sites (N-methyl/N-ethyl adjacent to an activating group) is 1. The molecule has 0 aliphatic carbocycles.